The molecular weight excluding hydrogens is 492 g/mol. The predicted molar refractivity (Wildman–Crippen MR) is 148 cm³/mol. The van der Waals surface area contributed by atoms with Crippen LogP contribution in [0.15, 0.2) is 55.6 Å². The van der Waals surface area contributed by atoms with Gasteiger partial charge in [0, 0.05) is 30.9 Å². The summed E-state index contributed by atoms with van der Waals surface area (Å²) in [5.74, 6) is -0.109. The molecule has 0 bridgehead atoms. The van der Waals surface area contributed by atoms with Crippen molar-refractivity contribution in [3.8, 4) is 0 Å². The number of allylic oxidation sites excluding steroid dienone is 2. The van der Waals surface area contributed by atoms with Gasteiger partial charge in [0.05, 0.1) is 31.8 Å². The predicted octanol–water partition coefficient (Wildman–Crippen LogP) is 3.40. The molecule has 0 aromatic heterocycles. The van der Waals surface area contributed by atoms with E-state index >= 15 is 0 Å². The Morgan fingerprint density at radius 3 is 2.57 bits per heavy atom. The van der Waals surface area contributed by atoms with Gasteiger partial charge in [-0.1, -0.05) is 42.5 Å². The lowest BCUT2D eigenvalue weighted by atomic mass is 9.99. The molecule has 0 aliphatic carbocycles. The normalized spacial score (nSPS) is 12.2. The molecule has 3 N–H and O–H groups in total. The number of rotatable bonds is 22. The van der Waals surface area contributed by atoms with E-state index in [0.717, 1.165) is 25.0 Å². The highest BCUT2D eigenvalue weighted by molar-refractivity contribution is 7.98. The molecule has 1 aromatic rings. The second-order valence-corrected chi connectivity index (χ2v) is 9.57. The van der Waals surface area contributed by atoms with Crippen molar-refractivity contribution in [3.63, 3.8) is 0 Å². The maximum atomic E-state index is 13.1. The molecule has 1 rings (SSSR count). The van der Waals surface area contributed by atoms with Crippen molar-refractivity contribution in [2.75, 3.05) is 38.7 Å². The van der Waals surface area contributed by atoms with Crippen LogP contribution in [0.5, 0.6) is 0 Å². The number of benzene rings is 1. The van der Waals surface area contributed by atoms with E-state index in [9.17, 15) is 14.4 Å². The molecule has 2 unspecified atom stereocenters. The maximum Gasteiger partial charge on any atom is 0.305 e. The zero-order valence-electron chi connectivity index (χ0n) is 21.7. The van der Waals surface area contributed by atoms with Gasteiger partial charge in [-0.25, -0.2) is 0 Å². The minimum Gasteiger partial charge on any atom is -0.463 e. The largest absolute Gasteiger partial charge is 0.463 e. The molecule has 2 atom stereocenters. The molecule has 2 amide bonds. The Morgan fingerprint density at radius 1 is 1.08 bits per heavy atom. The molecule has 0 aliphatic heterocycles. The van der Waals surface area contributed by atoms with Crippen molar-refractivity contribution in [2.24, 2.45) is 5.92 Å². The Bertz CT molecular complexity index is 805. The van der Waals surface area contributed by atoms with Crippen LogP contribution in [0, 0.1) is 5.92 Å². The summed E-state index contributed by atoms with van der Waals surface area (Å²) in [6.07, 6.45) is 6.58. The van der Waals surface area contributed by atoms with E-state index in [2.05, 4.69) is 23.8 Å². The first-order valence-corrected chi connectivity index (χ1v) is 13.9. The number of hydrogen-bond donors (Lipinski definition) is 3. The average Bonchev–Trinajstić information content (AvgIpc) is 2.89. The smallest absolute Gasteiger partial charge is 0.305 e. The fourth-order valence-electron chi connectivity index (χ4n) is 3.38. The van der Waals surface area contributed by atoms with Gasteiger partial charge in [0.15, 0.2) is 0 Å². The topological polar surface area (TPSA) is 114 Å². The first-order valence-electron chi connectivity index (χ1n) is 12.7. The van der Waals surface area contributed by atoms with Gasteiger partial charge in [0.1, 0.15) is 6.61 Å². The van der Waals surface area contributed by atoms with E-state index in [1.54, 1.807) is 17.8 Å². The number of thioether (sulfide) groups is 1. The van der Waals surface area contributed by atoms with Gasteiger partial charge in [-0.3, -0.25) is 14.4 Å². The number of aliphatic hydroxyl groups is 1. The average molecular weight is 535 g/mol. The Morgan fingerprint density at radius 2 is 1.86 bits per heavy atom. The summed E-state index contributed by atoms with van der Waals surface area (Å²) in [6, 6.07) is 9.61. The monoisotopic (exact) mass is 534 g/mol. The van der Waals surface area contributed by atoms with Crippen LogP contribution in [0.25, 0.3) is 0 Å². The molecule has 0 spiro atoms. The van der Waals surface area contributed by atoms with Crippen LogP contribution in [0.2, 0.25) is 0 Å². The number of hydrogen-bond acceptors (Lipinski definition) is 7. The lowest BCUT2D eigenvalue weighted by Gasteiger charge is -2.22. The molecule has 1 aromatic carbocycles. The molecule has 0 aliphatic rings. The van der Waals surface area contributed by atoms with Crippen LogP contribution in [0.1, 0.15) is 44.1 Å². The van der Waals surface area contributed by atoms with E-state index in [4.69, 9.17) is 14.6 Å². The molecule has 0 radical (unpaired) electrons. The summed E-state index contributed by atoms with van der Waals surface area (Å²) in [7, 11) is 0. The number of carbonyl (C=O) groups excluding carboxylic acids is 3. The highest BCUT2D eigenvalue weighted by Crippen LogP contribution is 2.15. The van der Waals surface area contributed by atoms with Gasteiger partial charge >= 0.3 is 5.97 Å². The second-order valence-electron chi connectivity index (χ2n) is 8.54. The molecule has 0 fully saturated rings. The first kappa shape index (κ1) is 32.4. The Kier molecular flexibility index (Phi) is 18.8. The lowest BCUT2D eigenvalue weighted by Crippen LogP contribution is -2.44. The number of unbranched alkanes of at least 4 members (excludes halogenated alkanes) is 2. The van der Waals surface area contributed by atoms with Gasteiger partial charge in [0.2, 0.25) is 11.8 Å². The summed E-state index contributed by atoms with van der Waals surface area (Å²) in [5, 5.41) is 14.4. The first-order chi connectivity index (χ1) is 18.0. The lowest BCUT2D eigenvalue weighted by molar-refractivity contribution is -0.145. The van der Waals surface area contributed by atoms with E-state index in [0.29, 0.717) is 25.1 Å². The molecule has 37 heavy (non-hydrogen) atoms. The highest BCUT2D eigenvalue weighted by atomic mass is 32.2. The standard InChI is InChI=1S/C28H42N2O6S/c1-3-5-6-10-14-27(33)36-20-25(22-37-21-23-12-8-7-9-13-23)30-28(34)24(11-4-2)19-26(32)29-15-17-35-18-16-31/h3-4,7-9,12-13,24-25,31H,1-2,5-6,10-11,14-22H2,(H,29,32)(H,30,34). The number of nitrogens with one attached hydrogen (secondary N) is 2. The molecular formula is C28H42N2O6S. The summed E-state index contributed by atoms with van der Waals surface area (Å²) < 4.78 is 10.6. The molecule has 0 heterocycles. The third-order valence-electron chi connectivity index (χ3n) is 5.32. The van der Waals surface area contributed by atoms with E-state index in [1.807, 2.05) is 36.4 Å². The van der Waals surface area contributed by atoms with Crippen LogP contribution in [0.3, 0.4) is 0 Å². The molecule has 0 saturated carbocycles. The zero-order valence-corrected chi connectivity index (χ0v) is 22.5. The van der Waals surface area contributed by atoms with Gasteiger partial charge in [-0.2, -0.15) is 11.8 Å². The van der Waals surface area contributed by atoms with Crippen LogP contribution in [0.4, 0.5) is 0 Å². The Hall–Kier alpha value is -2.62. The Labute approximate surface area is 225 Å². The summed E-state index contributed by atoms with van der Waals surface area (Å²) >= 11 is 1.64. The van der Waals surface area contributed by atoms with Crippen LogP contribution in [-0.4, -0.2) is 67.7 Å². The molecule has 8 nitrogen and oxygen atoms in total. The number of amides is 2. The number of aliphatic hydroxyl groups excluding tert-OH is 1. The minimum absolute atomic E-state index is 0.00478. The number of ether oxygens (including phenoxy) is 2. The van der Waals surface area contributed by atoms with Crippen LogP contribution < -0.4 is 10.6 Å². The van der Waals surface area contributed by atoms with E-state index < -0.39 is 5.92 Å². The van der Waals surface area contributed by atoms with Gasteiger partial charge in [0.25, 0.3) is 0 Å². The third-order valence-corrected chi connectivity index (χ3v) is 6.50. The van der Waals surface area contributed by atoms with Crippen molar-refractivity contribution < 1.29 is 29.0 Å². The van der Waals surface area contributed by atoms with Crippen LogP contribution in [-0.2, 0) is 29.6 Å². The van der Waals surface area contributed by atoms with Crippen molar-refractivity contribution >= 4 is 29.5 Å². The summed E-state index contributed by atoms with van der Waals surface area (Å²) in [6.45, 7) is 8.18. The molecule has 206 valence electrons. The number of carbonyl (C=O) groups is 3. The minimum atomic E-state index is -0.591. The molecule has 0 saturated heterocycles. The van der Waals surface area contributed by atoms with E-state index in [-0.39, 0.29) is 56.7 Å². The second kappa shape index (κ2) is 21.5. The van der Waals surface area contributed by atoms with Crippen molar-refractivity contribution in [1.82, 2.24) is 10.6 Å². The van der Waals surface area contributed by atoms with Crippen molar-refractivity contribution in [2.45, 2.75) is 50.3 Å². The van der Waals surface area contributed by atoms with Gasteiger partial charge in [-0.05, 0) is 31.2 Å². The third kappa shape index (κ3) is 16.7. The Balaban J connectivity index is 2.65. The highest BCUT2D eigenvalue weighted by Gasteiger charge is 2.24. The quantitative estimate of drug-likeness (QED) is 0.119. The number of esters is 1. The van der Waals surface area contributed by atoms with Crippen molar-refractivity contribution in [3.05, 3.63) is 61.2 Å². The fourth-order valence-corrected chi connectivity index (χ4v) is 4.39. The van der Waals surface area contributed by atoms with Crippen LogP contribution >= 0.6 is 11.8 Å². The fraction of sp³-hybridized carbons (Fsp3) is 0.536. The zero-order chi connectivity index (χ0) is 27.1. The van der Waals surface area contributed by atoms with Crippen molar-refractivity contribution in [1.29, 1.82) is 0 Å². The van der Waals surface area contributed by atoms with Gasteiger partial charge < -0.3 is 25.2 Å². The summed E-state index contributed by atoms with van der Waals surface area (Å²) in [4.78, 5) is 37.6. The maximum absolute atomic E-state index is 13.1. The molecule has 9 heteroatoms. The summed E-state index contributed by atoms with van der Waals surface area (Å²) in [5.41, 5.74) is 1.17. The van der Waals surface area contributed by atoms with E-state index in [1.165, 1.54) is 5.56 Å². The SMILES string of the molecule is C=CCCCCC(=O)OCC(CSCc1ccccc1)NC(=O)C(CC=C)CC(=O)NCCOCCO. The van der Waals surface area contributed by atoms with Gasteiger partial charge in [-0.15, -0.1) is 13.2 Å².